The molecule has 4 N–H and O–H groups in total. The van der Waals surface area contributed by atoms with Gasteiger partial charge in [0.25, 0.3) is 0 Å². The Morgan fingerprint density at radius 3 is 2.41 bits per heavy atom. The molecule has 2 aromatic carbocycles. The Morgan fingerprint density at radius 1 is 1.07 bits per heavy atom. The van der Waals surface area contributed by atoms with Crippen molar-refractivity contribution in [3.8, 4) is 0 Å². The highest BCUT2D eigenvalue weighted by molar-refractivity contribution is 8.04. The van der Waals surface area contributed by atoms with Crippen LogP contribution in [0.25, 0.3) is 0 Å². The van der Waals surface area contributed by atoms with E-state index in [1.54, 1.807) is 29.2 Å². The second-order valence-electron chi connectivity index (χ2n) is 6.39. The van der Waals surface area contributed by atoms with E-state index in [1.807, 2.05) is 30.3 Å². The predicted octanol–water partition coefficient (Wildman–Crippen LogP) is 1.43. The second-order valence-corrected chi connectivity index (χ2v) is 8.01. The number of benzene rings is 2. The first-order chi connectivity index (χ1) is 13.8. The molecule has 0 aromatic heterocycles. The van der Waals surface area contributed by atoms with Gasteiger partial charge in [-0.05, 0) is 36.2 Å². The number of anilines is 2. The van der Waals surface area contributed by atoms with Crippen molar-refractivity contribution in [1.29, 1.82) is 0 Å². The summed E-state index contributed by atoms with van der Waals surface area (Å²) in [6.07, 6.45) is 0.984. The van der Waals surface area contributed by atoms with Crippen molar-refractivity contribution in [1.82, 2.24) is 4.72 Å². The first kappa shape index (κ1) is 20.3. The molecule has 2 aromatic rings. The minimum atomic E-state index is -4.33. The maximum atomic E-state index is 12.2. The zero-order valence-electron chi connectivity index (χ0n) is 15.5. The molecule has 9 nitrogen and oxygen atoms in total. The summed E-state index contributed by atoms with van der Waals surface area (Å²) in [7, 11) is -4.33. The summed E-state index contributed by atoms with van der Waals surface area (Å²) in [4.78, 5) is 29.0. The molecule has 29 heavy (non-hydrogen) atoms. The van der Waals surface area contributed by atoms with E-state index in [0.717, 1.165) is 12.0 Å². The minimum Gasteiger partial charge on any atom is -0.355 e. The molecule has 0 atom stereocenters. The van der Waals surface area contributed by atoms with Crippen LogP contribution in [0.3, 0.4) is 0 Å². The first-order valence-corrected chi connectivity index (χ1v) is 10.4. The molecule has 0 saturated carbocycles. The van der Waals surface area contributed by atoms with Crippen molar-refractivity contribution < 1.29 is 18.0 Å². The quantitative estimate of drug-likeness (QED) is 0.694. The molecule has 0 unspecified atom stereocenters. The van der Waals surface area contributed by atoms with Crippen molar-refractivity contribution >= 4 is 38.5 Å². The van der Waals surface area contributed by atoms with Crippen LogP contribution < -0.4 is 20.7 Å². The van der Waals surface area contributed by atoms with Crippen LogP contribution >= 0.6 is 0 Å². The van der Waals surface area contributed by atoms with Crippen LogP contribution in [0.2, 0.25) is 0 Å². The summed E-state index contributed by atoms with van der Waals surface area (Å²) < 4.78 is 25.6. The number of carbonyl (C=O) groups excluding carboxylic acids is 2. The van der Waals surface area contributed by atoms with Crippen molar-refractivity contribution in [2.24, 2.45) is 10.7 Å². The van der Waals surface area contributed by atoms with Crippen molar-refractivity contribution in [3.05, 3.63) is 60.2 Å². The fraction of sp³-hybridized carbons (Fsp3) is 0.211. The zero-order valence-corrected chi connectivity index (χ0v) is 16.4. The van der Waals surface area contributed by atoms with Crippen LogP contribution in [-0.4, -0.2) is 38.6 Å². The van der Waals surface area contributed by atoms with E-state index < -0.39 is 15.3 Å². The van der Waals surface area contributed by atoms with Gasteiger partial charge in [-0.15, -0.1) is 0 Å². The van der Waals surface area contributed by atoms with Crippen LogP contribution in [0.5, 0.6) is 0 Å². The van der Waals surface area contributed by atoms with Gasteiger partial charge in [-0.1, -0.05) is 30.3 Å². The Bertz CT molecular complexity index is 1020. The Hall–Kier alpha value is -3.40. The van der Waals surface area contributed by atoms with E-state index in [1.165, 1.54) is 0 Å². The third-order valence-electron chi connectivity index (χ3n) is 4.22. The number of rotatable bonds is 4. The molecule has 10 heteroatoms. The molecule has 0 saturated heterocycles. The van der Waals surface area contributed by atoms with Crippen LogP contribution in [0.4, 0.5) is 16.2 Å². The molecule has 0 spiro atoms. The first-order valence-electron chi connectivity index (χ1n) is 8.93. The lowest BCUT2D eigenvalue weighted by molar-refractivity contribution is -0.115. The number of nitrogens with one attached hydrogen (secondary N) is 2. The summed E-state index contributed by atoms with van der Waals surface area (Å²) in [5.74, 6) is -0.102. The number of sulfonamides is 1. The van der Waals surface area contributed by atoms with E-state index in [4.69, 9.17) is 5.73 Å². The molecule has 0 aliphatic carbocycles. The van der Waals surface area contributed by atoms with E-state index in [9.17, 15) is 18.0 Å². The number of nitrogens with two attached hydrogens (primary N) is 1. The summed E-state index contributed by atoms with van der Waals surface area (Å²) in [6.45, 7) is 0.945. The van der Waals surface area contributed by atoms with E-state index in [0.29, 0.717) is 24.5 Å². The normalized spacial score (nSPS) is 14.1. The van der Waals surface area contributed by atoms with Crippen molar-refractivity contribution in [2.75, 3.05) is 23.3 Å². The van der Waals surface area contributed by atoms with Gasteiger partial charge in [0, 0.05) is 24.5 Å². The van der Waals surface area contributed by atoms with Gasteiger partial charge < -0.3 is 16.0 Å². The Kier molecular flexibility index (Phi) is 6.13. The number of hydrogen-bond acceptors (Lipinski definition) is 6. The number of hydrogen-bond donors (Lipinski definition) is 3. The Morgan fingerprint density at radius 2 is 1.76 bits per heavy atom. The van der Waals surface area contributed by atoms with Gasteiger partial charge in [-0.3, -0.25) is 14.6 Å². The number of guanidine groups is 1. The fourth-order valence-electron chi connectivity index (χ4n) is 2.83. The van der Waals surface area contributed by atoms with Gasteiger partial charge in [0.1, 0.15) is 0 Å². The monoisotopic (exact) mass is 415 g/mol. The molecule has 152 valence electrons. The summed E-state index contributed by atoms with van der Waals surface area (Å²) in [6, 6.07) is 16.3. The smallest absolute Gasteiger partial charge is 0.354 e. The second kappa shape index (κ2) is 8.74. The van der Waals surface area contributed by atoms with Crippen LogP contribution in [0.15, 0.2) is 59.6 Å². The predicted molar refractivity (Wildman–Crippen MR) is 111 cm³/mol. The van der Waals surface area contributed by atoms with Crippen LogP contribution in [0.1, 0.15) is 12.0 Å². The lowest BCUT2D eigenvalue weighted by Gasteiger charge is -2.29. The van der Waals surface area contributed by atoms with Crippen LogP contribution in [-0.2, 0) is 21.2 Å². The highest BCUT2D eigenvalue weighted by atomic mass is 32.2. The molecule has 1 aliphatic heterocycles. The van der Waals surface area contributed by atoms with Crippen LogP contribution in [0, 0.1) is 0 Å². The van der Waals surface area contributed by atoms with Gasteiger partial charge in [0.15, 0.2) is 0 Å². The summed E-state index contributed by atoms with van der Waals surface area (Å²) in [5.41, 5.74) is 7.08. The number of aliphatic imine (C=N–C) groups is 1. The third-order valence-corrected chi connectivity index (χ3v) is 5.20. The molecule has 1 aliphatic rings. The van der Waals surface area contributed by atoms with Gasteiger partial charge in [-0.2, -0.15) is 8.42 Å². The van der Waals surface area contributed by atoms with Crippen molar-refractivity contribution in [2.45, 2.75) is 12.8 Å². The zero-order chi connectivity index (χ0) is 20.9. The number of nitrogens with zero attached hydrogens (tertiary/aromatic N) is 2. The van der Waals surface area contributed by atoms with E-state index in [-0.39, 0.29) is 18.3 Å². The lowest BCUT2D eigenvalue weighted by atomic mass is 10.1. The molecular formula is C19H21N5O4S. The summed E-state index contributed by atoms with van der Waals surface area (Å²) >= 11 is 0. The minimum absolute atomic E-state index is 0.0379. The molecule has 0 radical (unpaired) electrons. The average molecular weight is 415 g/mol. The number of primary amides is 1. The lowest BCUT2D eigenvalue weighted by Crippen LogP contribution is -2.49. The van der Waals surface area contributed by atoms with E-state index >= 15 is 0 Å². The average Bonchev–Trinajstić information content (AvgIpc) is 2.69. The molecule has 2 amide bonds. The SMILES string of the molecule is NC(=O)S(=O)(=O)NC1=NCCCN1c1ccc(NC(=O)Cc2ccccc2)cc1. The molecule has 0 bridgehead atoms. The molecular weight excluding hydrogens is 394 g/mol. The largest absolute Gasteiger partial charge is 0.355 e. The van der Waals surface area contributed by atoms with E-state index in [2.05, 4.69) is 15.0 Å². The molecule has 0 fully saturated rings. The van der Waals surface area contributed by atoms with Crippen molar-refractivity contribution in [3.63, 3.8) is 0 Å². The maximum Gasteiger partial charge on any atom is 0.354 e. The number of carbonyl (C=O) groups is 2. The third kappa shape index (κ3) is 5.32. The van der Waals surface area contributed by atoms with Gasteiger partial charge >= 0.3 is 15.3 Å². The highest BCUT2D eigenvalue weighted by Crippen LogP contribution is 2.20. The van der Waals surface area contributed by atoms with Gasteiger partial charge in [0.05, 0.1) is 6.42 Å². The Labute approximate surface area is 168 Å². The van der Waals surface area contributed by atoms with Gasteiger partial charge in [-0.25, -0.2) is 4.72 Å². The van der Waals surface area contributed by atoms with Gasteiger partial charge in [0.2, 0.25) is 11.9 Å². The number of amides is 2. The Balaban J connectivity index is 1.68. The summed E-state index contributed by atoms with van der Waals surface area (Å²) in [5, 5.41) is 1.35. The molecule has 3 rings (SSSR count). The molecule has 1 heterocycles. The topological polar surface area (TPSA) is 134 Å². The highest BCUT2D eigenvalue weighted by Gasteiger charge is 2.25. The fourth-order valence-corrected chi connectivity index (χ4v) is 3.34. The maximum absolute atomic E-state index is 12.2. The standard InChI is InChI=1S/C19H21N5O4S/c20-18(26)29(27,28)23-19-21-11-4-12-24(19)16-9-7-15(8-10-16)22-17(25)13-14-5-2-1-3-6-14/h1-3,5-10H,4,11-13H2,(H2,20,26)(H,21,23)(H,22,25).